The quantitative estimate of drug-likeness (QED) is 0.373. The van der Waals surface area contributed by atoms with Crippen molar-refractivity contribution < 1.29 is 28.7 Å². The molecule has 0 amide bonds. The minimum Gasteiger partial charge on any atom is -0.469 e. The topological polar surface area (TPSA) is 86.7 Å². The molecular weight excluding hydrogens is 416 g/mol. The Bertz CT molecular complexity index is 808. The molecule has 6 nitrogen and oxygen atoms in total. The second-order valence-corrected chi connectivity index (χ2v) is 10.0. The molecule has 0 aromatic heterocycles. The number of carbonyl (C=O) groups is 4. The summed E-state index contributed by atoms with van der Waals surface area (Å²) in [5.41, 5.74) is -3.16. The van der Waals surface area contributed by atoms with Gasteiger partial charge in [0.15, 0.2) is 5.78 Å². The first kappa shape index (κ1) is 17.8. The zero-order valence-electron chi connectivity index (χ0n) is 15.5. The molecule has 4 bridgehead atoms. The van der Waals surface area contributed by atoms with Crippen LogP contribution in [0.1, 0.15) is 45.4 Å². The third-order valence-corrected chi connectivity index (χ3v) is 9.86. The van der Waals surface area contributed by atoms with Gasteiger partial charge in [0.05, 0.1) is 13.0 Å². The van der Waals surface area contributed by atoms with E-state index >= 15 is 0 Å². The molecule has 0 aromatic rings. The Balaban J connectivity index is 1.75. The first-order valence-electron chi connectivity index (χ1n) is 9.66. The first-order valence-corrected chi connectivity index (χ1v) is 10.8. The van der Waals surface area contributed by atoms with Gasteiger partial charge < -0.3 is 9.47 Å². The lowest BCUT2D eigenvalue weighted by Gasteiger charge is -2.45. The van der Waals surface area contributed by atoms with Crippen LogP contribution < -0.4 is 0 Å². The zero-order valence-corrected chi connectivity index (χ0v) is 17.1. The van der Waals surface area contributed by atoms with Crippen LogP contribution in [0.25, 0.3) is 0 Å². The van der Waals surface area contributed by atoms with Crippen LogP contribution in [0.2, 0.25) is 0 Å². The van der Waals surface area contributed by atoms with E-state index in [4.69, 9.17) is 9.47 Å². The van der Waals surface area contributed by atoms with Crippen LogP contribution >= 0.6 is 15.9 Å². The summed E-state index contributed by atoms with van der Waals surface area (Å²) < 4.78 is 11.2. The van der Waals surface area contributed by atoms with E-state index in [-0.39, 0.29) is 23.9 Å². The Labute approximate surface area is 165 Å². The highest BCUT2D eigenvalue weighted by Crippen LogP contribution is 2.78. The van der Waals surface area contributed by atoms with Gasteiger partial charge in [-0.25, -0.2) is 0 Å². The normalized spacial score (nSPS) is 52.4. The summed E-state index contributed by atoms with van der Waals surface area (Å²) in [6.07, 6.45) is 3.12. The third kappa shape index (κ3) is 1.67. The van der Waals surface area contributed by atoms with Gasteiger partial charge >= 0.3 is 11.9 Å². The van der Waals surface area contributed by atoms with Crippen molar-refractivity contribution in [3.63, 3.8) is 0 Å². The lowest BCUT2D eigenvalue weighted by atomic mass is 9.59. The van der Waals surface area contributed by atoms with E-state index in [0.29, 0.717) is 24.6 Å². The Kier molecular flexibility index (Phi) is 3.32. The lowest BCUT2D eigenvalue weighted by Crippen LogP contribution is -2.51. The maximum atomic E-state index is 13.1. The summed E-state index contributed by atoms with van der Waals surface area (Å²) in [6.45, 7) is 1.64. The summed E-state index contributed by atoms with van der Waals surface area (Å²) >= 11 is 3.53. The number of hydrogen-bond acceptors (Lipinski definition) is 6. The van der Waals surface area contributed by atoms with Crippen molar-refractivity contribution in [2.75, 3.05) is 12.4 Å². The SMILES string of the molecule is COC(=O)[C@H]1[C@H]2C3(CCC(=O)[C@]2(C)C(=O)O3)[C@@H]2CC[C@@]3(CBr)CC21CC3=O. The van der Waals surface area contributed by atoms with Crippen LogP contribution in [-0.4, -0.2) is 41.5 Å². The van der Waals surface area contributed by atoms with Crippen LogP contribution in [0.4, 0.5) is 0 Å². The van der Waals surface area contributed by atoms with Gasteiger partial charge in [-0.1, -0.05) is 15.9 Å². The van der Waals surface area contributed by atoms with Crippen molar-refractivity contribution >= 4 is 39.4 Å². The molecule has 5 fully saturated rings. The number of fused-ring (bicyclic) bond motifs is 1. The third-order valence-electron chi connectivity index (χ3n) is 8.78. The van der Waals surface area contributed by atoms with Crippen molar-refractivity contribution in [2.24, 2.45) is 34.0 Å². The van der Waals surface area contributed by atoms with E-state index in [1.807, 2.05) is 0 Å². The molecule has 1 spiro atoms. The van der Waals surface area contributed by atoms with E-state index in [1.165, 1.54) is 7.11 Å². The van der Waals surface area contributed by atoms with Gasteiger partial charge in [0.2, 0.25) is 0 Å². The summed E-state index contributed by atoms with van der Waals surface area (Å²) in [6, 6.07) is 0. The molecule has 0 aromatic carbocycles. The Hall–Kier alpha value is -1.24. The second-order valence-electron chi connectivity index (χ2n) is 9.46. The molecule has 5 aliphatic rings. The highest BCUT2D eigenvalue weighted by molar-refractivity contribution is 9.09. The average molecular weight is 439 g/mol. The number of esters is 2. The smallest absolute Gasteiger partial charge is 0.320 e. The van der Waals surface area contributed by atoms with Crippen LogP contribution in [0, 0.1) is 34.0 Å². The summed E-state index contributed by atoms with van der Waals surface area (Å²) in [7, 11) is 1.34. The van der Waals surface area contributed by atoms with Crippen molar-refractivity contribution in [3.8, 4) is 0 Å². The van der Waals surface area contributed by atoms with Crippen LogP contribution in [-0.2, 0) is 28.7 Å². The maximum Gasteiger partial charge on any atom is 0.320 e. The van der Waals surface area contributed by atoms with E-state index in [2.05, 4.69) is 15.9 Å². The molecule has 4 aliphatic carbocycles. The molecule has 7 atom stereocenters. The minimum atomic E-state index is -1.31. The predicted molar refractivity (Wildman–Crippen MR) is 95.8 cm³/mol. The van der Waals surface area contributed by atoms with Gasteiger partial charge in [-0.15, -0.1) is 0 Å². The van der Waals surface area contributed by atoms with E-state index in [1.54, 1.807) is 6.92 Å². The highest BCUT2D eigenvalue weighted by atomic mass is 79.9. The summed E-state index contributed by atoms with van der Waals surface area (Å²) in [4.78, 5) is 51.8. The molecule has 4 saturated carbocycles. The van der Waals surface area contributed by atoms with Crippen molar-refractivity contribution in [2.45, 2.75) is 51.0 Å². The number of ketones is 2. The molecule has 1 saturated heterocycles. The van der Waals surface area contributed by atoms with Gasteiger partial charge in [-0.2, -0.15) is 0 Å². The van der Waals surface area contributed by atoms with E-state index < -0.39 is 45.6 Å². The summed E-state index contributed by atoms with van der Waals surface area (Å²) in [5.74, 6) is -2.13. The number of hydrogen-bond donors (Lipinski definition) is 0. The van der Waals surface area contributed by atoms with Crippen LogP contribution in [0.5, 0.6) is 0 Å². The van der Waals surface area contributed by atoms with Gasteiger partial charge in [0.1, 0.15) is 16.8 Å². The largest absolute Gasteiger partial charge is 0.469 e. The number of rotatable bonds is 2. The lowest BCUT2D eigenvalue weighted by molar-refractivity contribution is -0.162. The van der Waals surface area contributed by atoms with Gasteiger partial charge in [0, 0.05) is 35.4 Å². The molecule has 27 heavy (non-hydrogen) atoms. The van der Waals surface area contributed by atoms with Crippen LogP contribution in [0.3, 0.4) is 0 Å². The molecule has 7 heteroatoms. The van der Waals surface area contributed by atoms with Crippen molar-refractivity contribution in [1.82, 2.24) is 0 Å². The fraction of sp³-hybridized carbons (Fsp3) is 0.800. The number of carbonyl (C=O) groups excluding carboxylic acids is 4. The van der Waals surface area contributed by atoms with E-state index in [9.17, 15) is 19.2 Å². The number of alkyl halides is 1. The second kappa shape index (κ2) is 5.02. The maximum absolute atomic E-state index is 13.1. The number of ether oxygens (including phenoxy) is 2. The fourth-order valence-electron chi connectivity index (χ4n) is 7.74. The minimum absolute atomic E-state index is 0.0726. The number of halogens is 1. The molecule has 1 heterocycles. The molecule has 146 valence electrons. The van der Waals surface area contributed by atoms with Crippen molar-refractivity contribution in [1.29, 1.82) is 0 Å². The molecule has 0 N–H and O–H groups in total. The Morgan fingerprint density at radius 1 is 1.26 bits per heavy atom. The van der Waals surface area contributed by atoms with Gasteiger partial charge in [-0.05, 0) is 38.0 Å². The van der Waals surface area contributed by atoms with Gasteiger partial charge in [0.25, 0.3) is 0 Å². The highest BCUT2D eigenvalue weighted by Gasteiger charge is 2.85. The zero-order chi connectivity index (χ0) is 19.4. The monoisotopic (exact) mass is 438 g/mol. The molecule has 0 radical (unpaired) electrons. The first-order chi connectivity index (χ1) is 12.7. The number of methoxy groups -OCH3 is 1. The Morgan fingerprint density at radius 3 is 2.67 bits per heavy atom. The average Bonchev–Trinajstić information content (AvgIpc) is 3.09. The van der Waals surface area contributed by atoms with E-state index in [0.717, 1.165) is 12.8 Å². The van der Waals surface area contributed by atoms with Gasteiger partial charge in [-0.3, -0.25) is 19.2 Å². The predicted octanol–water partition coefficient (Wildman–Crippen LogP) is 2.21. The Morgan fingerprint density at radius 2 is 2.00 bits per heavy atom. The molecule has 5 rings (SSSR count). The molecular formula is C20H23BrO6. The molecule has 1 aliphatic heterocycles. The molecule has 2 unspecified atom stereocenters. The fourth-order valence-corrected chi connectivity index (χ4v) is 8.53. The number of Topliss-reactive ketones (excluding diaryl/α,β-unsaturated/α-hetero) is 2. The summed E-state index contributed by atoms with van der Waals surface area (Å²) in [5, 5.41) is 0.578. The van der Waals surface area contributed by atoms with Crippen molar-refractivity contribution in [3.05, 3.63) is 0 Å². The standard InChI is InChI=1S/C20H23BrO6/c1-17-11(22)4-6-20(27-16(17)25)10-3-5-18(9-21)8-19(10,7-12(18)23)13(14(17)20)15(24)26-2/h10,13-14H,3-9H2,1-2H3/t10-,13-,14-,17+,18+,19?,20?/m1/s1. The van der Waals surface area contributed by atoms with Crippen LogP contribution in [0.15, 0.2) is 0 Å².